The van der Waals surface area contributed by atoms with E-state index in [0.717, 1.165) is 11.1 Å². The first-order valence-electron chi connectivity index (χ1n) is 6.19. The van der Waals surface area contributed by atoms with E-state index in [4.69, 9.17) is 0 Å². The number of benzene rings is 1. The maximum atomic E-state index is 12.4. The molecule has 92 valence electrons. The van der Waals surface area contributed by atoms with Crippen molar-refractivity contribution in [1.29, 1.82) is 5.26 Å². The highest BCUT2D eigenvalue weighted by Crippen LogP contribution is 2.51. The molecule has 0 saturated carbocycles. The quantitative estimate of drug-likeness (QED) is 0.811. The topological polar surface area (TPSA) is 44.1 Å². The van der Waals surface area contributed by atoms with Crippen LogP contribution < -0.4 is 0 Å². The van der Waals surface area contributed by atoms with Crippen molar-refractivity contribution in [3.8, 4) is 6.07 Å². The Kier molecular flexibility index (Phi) is 3.20. The first-order chi connectivity index (χ1) is 8.69. The van der Waals surface area contributed by atoms with E-state index in [-0.39, 0.29) is 5.91 Å². The molecule has 0 fully saturated rings. The van der Waals surface area contributed by atoms with E-state index < -0.39 is 5.41 Å². The number of rotatable bonds is 4. The molecule has 1 aromatic carbocycles. The van der Waals surface area contributed by atoms with Crippen molar-refractivity contribution < 1.29 is 4.79 Å². The predicted octanol–water partition coefficient (Wildman–Crippen LogP) is 2.46. The lowest BCUT2D eigenvalue weighted by Gasteiger charge is -2.22. The second kappa shape index (κ2) is 4.66. The molecule has 18 heavy (non-hydrogen) atoms. The minimum atomic E-state index is -1.02. The summed E-state index contributed by atoms with van der Waals surface area (Å²) in [6.45, 7) is 5.12. The van der Waals surface area contributed by atoms with Crippen LogP contribution in [-0.4, -0.2) is 23.9 Å². The predicted molar refractivity (Wildman–Crippen MR) is 70.4 cm³/mol. The maximum absolute atomic E-state index is 12.4. The van der Waals surface area contributed by atoms with Crippen LogP contribution in [-0.2, 0) is 4.79 Å². The van der Waals surface area contributed by atoms with E-state index in [0.29, 0.717) is 13.1 Å². The lowest BCUT2D eigenvalue weighted by atomic mass is 9.96. The van der Waals surface area contributed by atoms with Gasteiger partial charge in [0.05, 0.1) is 6.07 Å². The Morgan fingerprint density at radius 2 is 1.89 bits per heavy atom. The molecule has 0 aliphatic heterocycles. The van der Waals surface area contributed by atoms with E-state index in [1.165, 1.54) is 0 Å². The molecule has 0 saturated heterocycles. The number of carbonyl (C=O) groups is 1. The second-order valence-corrected chi connectivity index (χ2v) is 4.32. The van der Waals surface area contributed by atoms with Gasteiger partial charge < -0.3 is 4.90 Å². The first-order valence-corrected chi connectivity index (χ1v) is 6.19. The van der Waals surface area contributed by atoms with Crippen molar-refractivity contribution in [3.05, 3.63) is 42.0 Å². The second-order valence-electron chi connectivity index (χ2n) is 4.32. The minimum Gasteiger partial charge on any atom is -0.341 e. The van der Waals surface area contributed by atoms with Crippen molar-refractivity contribution in [1.82, 2.24) is 4.90 Å². The molecule has 3 nitrogen and oxygen atoms in total. The van der Waals surface area contributed by atoms with E-state index >= 15 is 0 Å². The van der Waals surface area contributed by atoms with Crippen molar-refractivity contribution in [2.24, 2.45) is 5.41 Å². The third kappa shape index (κ3) is 1.80. The van der Waals surface area contributed by atoms with Gasteiger partial charge in [-0.05, 0) is 31.1 Å². The zero-order valence-corrected chi connectivity index (χ0v) is 10.7. The highest BCUT2D eigenvalue weighted by atomic mass is 16.2. The average Bonchev–Trinajstić information content (AvgIpc) is 3.17. The molecule has 1 aromatic rings. The molecule has 1 amide bonds. The van der Waals surface area contributed by atoms with E-state index in [9.17, 15) is 10.1 Å². The molecule has 0 aromatic heterocycles. The Hall–Kier alpha value is -2.08. The van der Waals surface area contributed by atoms with Gasteiger partial charge >= 0.3 is 0 Å². The minimum absolute atomic E-state index is 0.103. The fourth-order valence-electron chi connectivity index (χ4n) is 2.19. The molecule has 1 aliphatic rings. The van der Waals surface area contributed by atoms with E-state index in [2.05, 4.69) is 6.07 Å². The highest BCUT2D eigenvalue weighted by Gasteiger charge is 2.53. The molecule has 3 heteroatoms. The average molecular weight is 240 g/mol. The Labute approximate surface area is 107 Å². The first kappa shape index (κ1) is 12.4. The third-order valence-electron chi connectivity index (χ3n) is 3.35. The SMILES string of the molecule is CCN(CC)C(=O)[C@]1(C#N)C=C1c1ccccc1. The van der Waals surface area contributed by atoms with Gasteiger partial charge in [-0.3, -0.25) is 4.79 Å². The van der Waals surface area contributed by atoms with Gasteiger partial charge in [-0.25, -0.2) is 0 Å². The molecule has 0 unspecified atom stereocenters. The summed E-state index contributed by atoms with van der Waals surface area (Å²) in [5.41, 5.74) is 0.773. The van der Waals surface area contributed by atoms with Crippen molar-refractivity contribution in [2.45, 2.75) is 13.8 Å². The molecular formula is C15H16N2O. The number of carbonyl (C=O) groups excluding carboxylic acids is 1. The highest BCUT2D eigenvalue weighted by molar-refractivity contribution is 6.11. The molecule has 0 N–H and O–H groups in total. The molecular weight excluding hydrogens is 224 g/mol. The summed E-state index contributed by atoms with van der Waals surface area (Å²) in [4.78, 5) is 14.1. The van der Waals surface area contributed by atoms with Crippen LogP contribution in [0.1, 0.15) is 19.4 Å². The van der Waals surface area contributed by atoms with Gasteiger partial charge in [-0.1, -0.05) is 30.3 Å². The summed E-state index contributed by atoms with van der Waals surface area (Å²) in [6.07, 6.45) is 1.77. The van der Waals surface area contributed by atoms with E-state index in [1.807, 2.05) is 44.2 Å². The van der Waals surface area contributed by atoms with Crippen molar-refractivity contribution >= 4 is 11.5 Å². The molecule has 0 heterocycles. The van der Waals surface area contributed by atoms with Crippen LogP contribution >= 0.6 is 0 Å². The van der Waals surface area contributed by atoms with Crippen LogP contribution in [0.2, 0.25) is 0 Å². The largest absolute Gasteiger partial charge is 0.341 e. The summed E-state index contributed by atoms with van der Waals surface area (Å²) in [5, 5.41) is 9.35. The Bertz CT molecular complexity index is 523. The van der Waals surface area contributed by atoms with Crippen LogP contribution in [0.4, 0.5) is 0 Å². The summed E-state index contributed by atoms with van der Waals surface area (Å²) >= 11 is 0. The molecule has 1 atom stereocenters. The van der Waals surface area contributed by atoms with Gasteiger partial charge in [0.2, 0.25) is 0 Å². The normalized spacial score (nSPS) is 20.8. The lowest BCUT2D eigenvalue weighted by molar-refractivity contribution is -0.133. The Morgan fingerprint density at radius 1 is 1.28 bits per heavy atom. The van der Waals surface area contributed by atoms with Gasteiger partial charge in [0.15, 0.2) is 5.41 Å². The molecule has 0 spiro atoms. The number of nitrogens with zero attached hydrogens (tertiary/aromatic N) is 2. The number of nitriles is 1. The van der Waals surface area contributed by atoms with Gasteiger partial charge in [0.1, 0.15) is 0 Å². The zero-order chi connectivity index (χ0) is 13.2. The van der Waals surface area contributed by atoms with Gasteiger partial charge in [0.25, 0.3) is 5.91 Å². The molecule has 0 bridgehead atoms. The van der Waals surface area contributed by atoms with Crippen LogP contribution in [0.25, 0.3) is 5.57 Å². The van der Waals surface area contributed by atoms with Crippen molar-refractivity contribution in [3.63, 3.8) is 0 Å². The number of hydrogen-bond donors (Lipinski definition) is 0. The van der Waals surface area contributed by atoms with Crippen LogP contribution in [0.3, 0.4) is 0 Å². The molecule has 1 aliphatic carbocycles. The fraction of sp³-hybridized carbons (Fsp3) is 0.333. The monoisotopic (exact) mass is 240 g/mol. The fourth-order valence-corrected chi connectivity index (χ4v) is 2.19. The lowest BCUT2D eigenvalue weighted by Crippen LogP contribution is -2.37. The van der Waals surface area contributed by atoms with Crippen molar-refractivity contribution in [2.75, 3.05) is 13.1 Å². The van der Waals surface area contributed by atoms with Crippen LogP contribution in [0, 0.1) is 16.7 Å². The number of hydrogen-bond acceptors (Lipinski definition) is 2. The van der Waals surface area contributed by atoms with Gasteiger partial charge in [0, 0.05) is 13.1 Å². The summed E-state index contributed by atoms with van der Waals surface area (Å²) in [5.74, 6) is -0.103. The smallest absolute Gasteiger partial charge is 0.251 e. The molecule has 0 radical (unpaired) electrons. The standard InChI is InChI=1S/C15H16N2O/c1-3-17(4-2)14(18)15(11-16)10-13(15)12-8-6-5-7-9-12/h5-10H,3-4H2,1-2H3/t15-/m0/s1. The third-order valence-corrected chi connectivity index (χ3v) is 3.35. The van der Waals surface area contributed by atoms with Crippen LogP contribution in [0.5, 0.6) is 0 Å². The number of amides is 1. The molecule has 2 rings (SSSR count). The summed E-state index contributed by atoms with van der Waals surface area (Å²) in [7, 11) is 0. The van der Waals surface area contributed by atoms with Gasteiger partial charge in [-0.15, -0.1) is 0 Å². The summed E-state index contributed by atoms with van der Waals surface area (Å²) in [6, 6.07) is 11.8. The van der Waals surface area contributed by atoms with Gasteiger partial charge in [-0.2, -0.15) is 5.26 Å². The van der Waals surface area contributed by atoms with E-state index in [1.54, 1.807) is 11.0 Å². The van der Waals surface area contributed by atoms with Crippen LogP contribution in [0.15, 0.2) is 36.4 Å². The summed E-state index contributed by atoms with van der Waals surface area (Å²) < 4.78 is 0. The zero-order valence-electron chi connectivity index (χ0n) is 10.7. The Balaban J connectivity index is 2.24. The maximum Gasteiger partial charge on any atom is 0.251 e. The Morgan fingerprint density at radius 3 is 2.39 bits per heavy atom.